The summed E-state index contributed by atoms with van der Waals surface area (Å²) in [6.07, 6.45) is 0. The highest BCUT2D eigenvalue weighted by Crippen LogP contribution is 2.20. The molecule has 0 aliphatic carbocycles. The van der Waals surface area contributed by atoms with Crippen LogP contribution in [0.3, 0.4) is 0 Å². The Kier molecular flexibility index (Phi) is 6.28. The smallest absolute Gasteiger partial charge is 0.362 e. The summed E-state index contributed by atoms with van der Waals surface area (Å²) in [5.74, 6) is -1.66. The van der Waals surface area contributed by atoms with Crippen molar-refractivity contribution in [3.05, 3.63) is 45.8 Å². The number of esters is 1. The molecular formula is C12H12ClN3O5. The third kappa shape index (κ3) is 4.84. The largest absolute Gasteiger partial charge is 0.508 e. The average Bonchev–Trinajstić information content (AvgIpc) is 2.47. The molecule has 8 nitrogen and oxygen atoms in total. The van der Waals surface area contributed by atoms with Gasteiger partial charge in [0.25, 0.3) is 5.69 Å². The van der Waals surface area contributed by atoms with Crippen molar-refractivity contribution < 1.29 is 19.6 Å². The fraction of sp³-hybridized carbons (Fsp3) is 0.250. The summed E-state index contributed by atoms with van der Waals surface area (Å²) in [7, 11) is 0. The molecule has 0 aromatic heterocycles. The second-order valence-corrected chi connectivity index (χ2v) is 3.89. The van der Waals surface area contributed by atoms with Gasteiger partial charge in [-0.2, -0.15) is 5.11 Å². The second kappa shape index (κ2) is 7.95. The van der Waals surface area contributed by atoms with Gasteiger partial charge in [0.2, 0.25) is 5.70 Å². The zero-order valence-electron chi connectivity index (χ0n) is 11.0. The van der Waals surface area contributed by atoms with Gasteiger partial charge in [0, 0.05) is 12.1 Å². The molecule has 1 aromatic carbocycles. The topological polar surface area (TPSA) is 114 Å². The number of alkyl halides is 1. The Labute approximate surface area is 124 Å². The minimum absolute atomic E-state index is 0.0984. The van der Waals surface area contributed by atoms with Crippen molar-refractivity contribution in [1.29, 1.82) is 0 Å². The number of carbonyl (C=O) groups excluding carboxylic acids is 1. The van der Waals surface area contributed by atoms with Crippen LogP contribution in [-0.4, -0.2) is 28.5 Å². The number of non-ortho nitro benzene ring substituents is 1. The van der Waals surface area contributed by atoms with Gasteiger partial charge in [-0.3, -0.25) is 10.1 Å². The molecule has 1 N–H and O–H groups in total. The molecular weight excluding hydrogens is 302 g/mol. The highest BCUT2D eigenvalue weighted by atomic mass is 35.5. The van der Waals surface area contributed by atoms with Crippen molar-refractivity contribution in [3.8, 4) is 0 Å². The molecule has 0 spiro atoms. The number of aliphatic hydroxyl groups excluding tert-OH is 1. The first-order chi connectivity index (χ1) is 9.99. The quantitative estimate of drug-likeness (QED) is 0.165. The Morgan fingerprint density at radius 3 is 2.52 bits per heavy atom. The van der Waals surface area contributed by atoms with E-state index in [1.807, 2.05) is 0 Å². The Bertz CT molecular complexity index is 583. The number of hydrogen-bond acceptors (Lipinski definition) is 7. The number of nitro groups is 1. The molecule has 112 valence electrons. The van der Waals surface area contributed by atoms with Gasteiger partial charge in [-0.15, -0.1) is 16.7 Å². The number of aliphatic hydroxyl groups is 1. The molecule has 0 radical (unpaired) electrons. The molecule has 0 amide bonds. The summed E-state index contributed by atoms with van der Waals surface area (Å²) in [4.78, 5) is 21.5. The van der Waals surface area contributed by atoms with E-state index in [0.717, 1.165) is 0 Å². The standard InChI is InChI=1S/C12H12ClN3O5/c1-2-21-12(18)11(10(17)7-13)15-14-8-3-5-9(6-4-8)16(19)20/h3-6,17H,2,7H2,1H3/b11-10+,15-14?. The number of azo groups is 1. The van der Waals surface area contributed by atoms with E-state index in [0.29, 0.717) is 0 Å². The summed E-state index contributed by atoms with van der Waals surface area (Å²) in [6, 6.07) is 5.18. The van der Waals surface area contributed by atoms with E-state index in [4.69, 9.17) is 16.3 Å². The molecule has 0 heterocycles. The Hall–Kier alpha value is -2.48. The monoisotopic (exact) mass is 313 g/mol. The maximum Gasteiger partial charge on any atom is 0.362 e. The number of carbonyl (C=O) groups is 1. The van der Waals surface area contributed by atoms with Crippen LogP contribution in [0.15, 0.2) is 46.0 Å². The Morgan fingerprint density at radius 1 is 1.43 bits per heavy atom. The first-order valence-electron chi connectivity index (χ1n) is 5.81. The Balaban J connectivity index is 2.98. The molecule has 0 unspecified atom stereocenters. The van der Waals surface area contributed by atoms with Gasteiger partial charge < -0.3 is 9.84 Å². The first kappa shape index (κ1) is 16.6. The van der Waals surface area contributed by atoms with Gasteiger partial charge in [0.05, 0.1) is 23.1 Å². The normalized spacial score (nSPS) is 12.1. The van der Waals surface area contributed by atoms with Crippen molar-refractivity contribution in [2.45, 2.75) is 6.92 Å². The van der Waals surface area contributed by atoms with Crippen molar-refractivity contribution in [2.75, 3.05) is 12.5 Å². The van der Waals surface area contributed by atoms with Crippen LogP contribution in [0.1, 0.15) is 6.92 Å². The van der Waals surface area contributed by atoms with Gasteiger partial charge in [-0.1, -0.05) is 0 Å². The number of nitro benzene ring substituents is 1. The number of ether oxygens (including phenoxy) is 1. The molecule has 0 fully saturated rings. The number of benzene rings is 1. The number of halogens is 1. The zero-order chi connectivity index (χ0) is 15.8. The lowest BCUT2D eigenvalue weighted by atomic mass is 10.3. The molecule has 1 rings (SSSR count). The van der Waals surface area contributed by atoms with Crippen LogP contribution in [0, 0.1) is 10.1 Å². The van der Waals surface area contributed by atoms with Crippen LogP contribution in [0.4, 0.5) is 11.4 Å². The van der Waals surface area contributed by atoms with E-state index >= 15 is 0 Å². The third-order valence-corrected chi connectivity index (χ3v) is 2.45. The molecule has 1 aromatic rings. The molecule has 0 saturated heterocycles. The fourth-order valence-electron chi connectivity index (χ4n) is 1.23. The van der Waals surface area contributed by atoms with Gasteiger partial charge in [-0.05, 0) is 19.1 Å². The fourth-order valence-corrected chi connectivity index (χ4v) is 1.35. The molecule has 0 saturated carbocycles. The van der Waals surface area contributed by atoms with Crippen molar-refractivity contribution in [3.63, 3.8) is 0 Å². The van der Waals surface area contributed by atoms with Crippen LogP contribution in [0.5, 0.6) is 0 Å². The lowest BCUT2D eigenvalue weighted by molar-refractivity contribution is -0.384. The molecule has 21 heavy (non-hydrogen) atoms. The lowest BCUT2D eigenvalue weighted by Gasteiger charge is -2.03. The summed E-state index contributed by atoms with van der Waals surface area (Å²) in [6.45, 7) is 1.70. The molecule has 0 aliphatic heterocycles. The van der Waals surface area contributed by atoms with Crippen LogP contribution >= 0.6 is 11.6 Å². The van der Waals surface area contributed by atoms with Gasteiger partial charge >= 0.3 is 5.97 Å². The minimum atomic E-state index is -0.860. The van der Waals surface area contributed by atoms with Gasteiger partial charge in [0.15, 0.2) is 0 Å². The van der Waals surface area contributed by atoms with E-state index in [1.54, 1.807) is 6.92 Å². The summed E-state index contributed by atoms with van der Waals surface area (Å²) >= 11 is 5.44. The van der Waals surface area contributed by atoms with Crippen LogP contribution < -0.4 is 0 Å². The van der Waals surface area contributed by atoms with Crippen molar-refractivity contribution >= 4 is 28.9 Å². The number of hydrogen-bond donors (Lipinski definition) is 1. The maximum atomic E-state index is 11.6. The average molecular weight is 314 g/mol. The first-order valence-corrected chi connectivity index (χ1v) is 6.34. The highest BCUT2D eigenvalue weighted by molar-refractivity contribution is 6.19. The van der Waals surface area contributed by atoms with Crippen molar-refractivity contribution in [1.82, 2.24) is 0 Å². The SMILES string of the molecule is CCOC(=O)/C(N=Nc1ccc([N+](=O)[O-])cc1)=C(\O)CCl. The van der Waals surface area contributed by atoms with Crippen LogP contribution in [0.2, 0.25) is 0 Å². The summed E-state index contributed by atoms with van der Waals surface area (Å²) < 4.78 is 4.71. The lowest BCUT2D eigenvalue weighted by Crippen LogP contribution is -2.09. The number of allylic oxidation sites excluding steroid dienone is 1. The summed E-state index contributed by atoms with van der Waals surface area (Å²) in [5.41, 5.74) is -0.242. The molecule has 0 atom stereocenters. The van der Waals surface area contributed by atoms with E-state index in [-0.39, 0.29) is 23.9 Å². The highest BCUT2D eigenvalue weighted by Gasteiger charge is 2.16. The predicted octanol–water partition coefficient (Wildman–Crippen LogP) is 3.25. The van der Waals surface area contributed by atoms with Gasteiger partial charge in [0.1, 0.15) is 5.76 Å². The van der Waals surface area contributed by atoms with E-state index in [9.17, 15) is 20.0 Å². The predicted molar refractivity (Wildman–Crippen MR) is 74.6 cm³/mol. The summed E-state index contributed by atoms with van der Waals surface area (Å²) in [5, 5.41) is 27.3. The van der Waals surface area contributed by atoms with E-state index in [2.05, 4.69) is 10.2 Å². The zero-order valence-corrected chi connectivity index (χ0v) is 11.8. The van der Waals surface area contributed by atoms with Crippen LogP contribution in [0.25, 0.3) is 0 Å². The van der Waals surface area contributed by atoms with Gasteiger partial charge in [-0.25, -0.2) is 4.79 Å². The molecule has 0 aliphatic rings. The van der Waals surface area contributed by atoms with Crippen LogP contribution in [-0.2, 0) is 9.53 Å². The second-order valence-electron chi connectivity index (χ2n) is 3.62. The third-order valence-electron chi connectivity index (χ3n) is 2.19. The molecule has 0 bridgehead atoms. The van der Waals surface area contributed by atoms with Crippen molar-refractivity contribution in [2.24, 2.45) is 10.2 Å². The number of rotatable bonds is 6. The maximum absolute atomic E-state index is 11.6. The minimum Gasteiger partial charge on any atom is -0.508 e. The van der Waals surface area contributed by atoms with E-state index in [1.165, 1.54) is 24.3 Å². The van der Waals surface area contributed by atoms with E-state index < -0.39 is 22.3 Å². The molecule has 9 heteroatoms. The number of nitrogens with zero attached hydrogens (tertiary/aromatic N) is 3. The Morgan fingerprint density at radius 2 is 2.05 bits per heavy atom.